The summed E-state index contributed by atoms with van der Waals surface area (Å²) in [7, 11) is -3.30. The number of anilines is 1. The van der Waals surface area contributed by atoms with Crippen LogP contribution in [0.4, 0.5) is 5.69 Å². The van der Waals surface area contributed by atoms with E-state index in [0.717, 1.165) is 6.42 Å². The van der Waals surface area contributed by atoms with E-state index in [0.29, 0.717) is 25.1 Å². The normalized spacial score (nSPS) is 19.4. The topological polar surface area (TPSA) is 75.3 Å². The number of benzene rings is 1. The van der Waals surface area contributed by atoms with E-state index in [1.54, 1.807) is 24.3 Å². The quantitative estimate of drug-likeness (QED) is 0.864. The molecule has 5 nitrogen and oxygen atoms in total. The summed E-state index contributed by atoms with van der Waals surface area (Å²) in [6.07, 6.45) is 2.18. The average molecular weight is 296 g/mol. The summed E-state index contributed by atoms with van der Waals surface area (Å²) in [5.41, 5.74) is 0.517. The first-order chi connectivity index (χ1) is 9.54. The molecule has 1 unspecified atom stereocenters. The van der Waals surface area contributed by atoms with Crippen LogP contribution in [0.1, 0.15) is 26.2 Å². The standard InChI is InChI=1S/C14H20N2O3S/c1-2-10-20(18,19)13-8-4-3-6-11(13)16-12-7-5-9-15-14(12)17/h3-4,6,8,12,16H,2,5,7,9-10H2,1H3,(H,15,17). The summed E-state index contributed by atoms with van der Waals surface area (Å²) in [5.74, 6) is 0.0432. The Morgan fingerprint density at radius 1 is 1.35 bits per heavy atom. The van der Waals surface area contributed by atoms with Crippen LogP contribution in [0.2, 0.25) is 0 Å². The molecule has 1 aromatic carbocycles. The van der Waals surface area contributed by atoms with Crippen molar-refractivity contribution in [1.29, 1.82) is 0 Å². The molecule has 0 bridgehead atoms. The van der Waals surface area contributed by atoms with E-state index in [-0.39, 0.29) is 22.6 Å². The van der Waals surface area contributed by atoms with Gasteiger partial charge in [-0.05, 0) is 31.4 Å². The van der Waals surface area contributed by atoms with E-state index >= 15 is 0 Å². The van der Waals surface area contributed by atoms with Crippen LogP contribution in [0.3, 0.4) is 0 Å². The predicted molar refractivity (Wildman–Crippen MR) is 78.4 cm³/mol. The van der Waals surface area contributed by atoms with Gasteiger partial charge in [0, 0.05) is 6.54 Å². The van der Waals surface area contributed by atoms with E-state index in [1.807, 2.05) is 6.92 Å². The van der Waals surface area contributed by atoms with Gasteiger partial charge in [-0.2, -0.15) is 0 Å². The van der Waals surface area contributed by atoms with Gasteiger partial charge in [0.25, 0.3) is 0 Å². The Balaban J connectivity index is 2.26. The van der Waals surface area contributed by atoms with Crippen molar-refractivity contribution in [2.45, 2.75) is 37.1 Å². The van der Waals surface area contributed by atoms with Crippen LogP contribution in [-0.2, 0) is 14.6 Å². The molecule has 20 heavy (non-hydrogen) atoms. The largest absolute Gasteiger partial charge is 0.373 e. The maximum Gasteiger partial charge on any atom is 0.242 e. The van der Waals surface area contributed by atoms with Gasteiger partial charge in [0.05, 0.1) is 16.3 Å². The highest BCUT2D eigenvalue weighted by atomic mass is 32.2. The molecule has 1 aliphatic rings. The van der Waals surface area contributed by atoms with Crippen LogP contribution in [-0.4, -0.2) is 32.7 Å². The lowest BCUT2D eigenvalue weighted by molar-refractivity contribution is -0.123. The minimum Gasteiger partial charge on any atom is -0.373 e. The van der Waals surface area contributed by atoms with Gasteiger partial charge in [0.2, 0.25) is 5.91 Å². The molecular formula is C14H20N2O3S. The molecule has 0 spiro atoms. The molecule has 6 heteroatoms. The first-order valence-corrected chi connectivity index (χ1v) is 8.56. The van der Waals surface area contributed by atoms with Gasteiger partial charge in [-0.1, -0.05) is 19.1 Å². The molecule has 0 aromatic heterocycles. The molecule has 1 amide bonds. The summed E-state index contributed by atoms with van der Waals surface area (Å²) < 4.78 is 24.5. The third kappa shape index (κ3) is 3.30. The Morgan fingerprint density at radius 3 is 2.80 bits per heavy atom. The van der Waals surface area contributed by atoms with E-state index < -0.39 is 9.84 Å². The second-order valence-electron chi connectivity index (χ2n) is 4.95. The molecule has 1 saturated heterocycles. The molecule has 1 fully saturated rings. The Hall–Kier alpha value is -1.56. The maximum atomic E-state index is 12.2. The number of hydrogen-bond donors (Lipinski definition) is 2. The van der Waals surface area contributed by atoms with Crippen LogP contribution in [0.25, 0.3) is 0 Å². The number of carbonyl (C=O) groups excluding carboxylic acids is 1. The second kappa shape index (κ2) is 6.26. The maximum absolute atomic E-state index is 12.2. The Bertz CT molecular complexity index is 584. The molecule has 2 N–H and O–H groups in total. The number of sulfone groups is 1. The fourth-order valence-electron chi connectivity index (χ4n) is 2.33. The first kappa shape index (κ1) is 14.8. The zero-order valence-electron chi connectivity index (χ0n) is 11.6. The Labute approximate surface area is 119 Å². The summed E-state index contributed by atoms with van der Waals surface area (Å²) in [6, 6.07) is 6.42. The number of amides is 1. The number of rotatable bonds is 5. The number of para-hydroxylation sites is 1. The first-order valence-electron chi connectivity index (χ1n) is 6.90. The Morgan fingerprint density at radius 2 is 2.10 bits per heavy atom. The third-order valence-electron chi connectivity index (χ3n) is 3.31. The van der Waals surface area contributed by atoms with Gasteiger partial charge in [-0.25, -0.2) is 8.42 Å². The lowest BCUT2D eigenvalue weighted by Crippen LogP contribution is -2.44. The minimum absolute atomic E-state index is 0.0704. The SMILES string of the molecule is CCCS(=O)(=O)c1ccccc1NC1CCCNC1=O. The molecule has 2 rings (SSSR count). The van der Waals surface area contributed by atoms with Gasteiger partial charge in [-0.3, -0.25) is 4.79 Å². The fraction of sp³-hybridized carbons (Fsp3) is 0.500. The molecule has 1 aromatic rings. The molecule has 110 valence electrons. The minimum atomic E-state index is -3.30. The number of hydrogen-bond acceptors (Lipinski definition) is 4. The number of nitrogens with one attached hydrogen (secondary N) is 2. The van der Waals surface area contributed by atoms with Gasteiger partial charge >= 0.3 is 0 Å². The van der Waals surface area contributed by atoms with E-state index in [9.17, 15) is 13.2 Å². The lowest BCUT2D eigenvalue weighted by Gasteiger charge is -2.24. The number of piperidine rings is 1. The molecule has 1 atom stereocenters. The lowest BCUT2D eigenvalue weighted by atomic mass is 10.1. The summed E-state index contributed by atoms with van der Waals surface area (Å²) in [4.78, 5) is 12.0. The predicted octanol–water partition coefficient (Wildman–Crippen LogP) is 1.56. The van der Waals surface area contributed by atoms with Crippen molar-refractivity contribution in [2.24, 2.45) is 0 Å². The zero-order chi connectivity index (χ0) is 14.6. The van der Waals surface area contributed by atoms with Crippen molar-refractivity contribution in [3.8, 4) is 0 Å². The molecular weight excluding hydrogens is 276 g/mol. The van der Waals surface area contributed by atoms with Gasteiger partial charge in [0.1, 0.15) is 6.04 Å². The van der Waals surface area contributed by atoms with E-state index in [2.05, 4.69) is 10.6 Å². The van der Waals surface area contributed by atoms with Crippen molar-refractivity contribution in [3.05, 3.63) is 24.3 Å². The van der Waals surface area contributed by atoms with Gasteiger partial charge in [-0.15, -0.1) is 0 Å². The van der Waals surface area contributed by atoms with E-state index in [1.165, 1.54) is 0 Å². The van der Waals surface area contributed by atoms with Crippen LogP contribution < -0.4 is 10.6 Å². The summed E-state index contributed by atoms with van der Waals surface area (Å²) in [6.45, 7) is 2.52. The van der Waals surface area contributed by atoms with Crippen LogP contribution in [0.15, 0.2) is 29.2 Å². The second-order valence-corrected chi connectivity index (χ2v) is 7.02. The third-order valence-corrected chi connectivity index (χ3v) is 5.28. The molecule has 1 heterocycles. The highest BCUT2D eigenvalue weighted by molar-refractivity contribution is 7.91. The Kier molecular flexibility index (Phi) is 4.65. The summed E-state index contributed by atoms with van der Waals surface area (Å²) in [5, 5.41) is 5.86. The van der Waals surface area contributed by atoms with Crippen molar-refractivity contribution >= 4 is 21.4 Å². The van der Waals surface area contributed by atoms with Crippen molar-refractivity contribution in [3.63, 3.8) is 0 Å². The van der Waals surface area contributed by atoms with Crippen molar-refractivity contribution < 1.29 is 13.2 Å². The smallest absolute Gasteiger partial charge is 0.242 e. The van der Waals surface area contributed by atoms with Crippen molar-refractivity contribution in [1.82, 2.24) is 5.32 Å². The van der Waals surface area contributed by atoms with E-state index in [4.69, 9.17) is 0 Å². The van der Waals surface area contributed by atoms with Crippen LogP contribution in [0, 0.1) is 0 Å². The molecule has 0 saturated carbocycles. The number of carbonyl (C=O) groups is 1. The fourth-order valence-corrected chi connectivity index (χ4v) is 3.84. The summed E-state index contributed by atoms with van der Waals surface area (Å²) >= 11 is 0. The monoisotopic (exact) mass is 296 g/mol. The molecule has 1 aliphatic heterocycles. The zero-order valence-corrected chi connectivity index (χ0v) is 12.4. The highest BCUT2D eigenvalue weighted by Crippen LogP contribution is 2.24. The highest BCUT2D eigenvalue weighted by Gasteiger charge is 2.24. The van der Waals surface area contributed by atoms with Gasteiger partial charge < -0.3 is 10.6 Å². The molecule has 0 aliphatic carbocycles. The van der Waals surface area contributed by atoms with Crippen LogP contribution in [0.5, 0.6) is 0 Å². The van der Waals surface area contributed by atoms with Crippen LogP contribution >= 0.6 is 0 Å². The molecule has 0 radical (unpaired) electrons. The van der Waals surface area contributed by atoms with Crippen molar-refractivity contribution in [2.75, 3.05) is 17.6 Å². The average Bonchev–Trinajstić information content (AvgIpc) is 2.42. The van der Waals surface area contributed by atoms with Gasteiger partial charge in [0.15, 0.2) is 9.84 Å².